The first-order valence-corrected chi connectivity index (χ1v) is 11.3. The Morgan fingerprint density at radius 1 is 1.07 bits per heavy atom. The predicted molar refractivity (Wildman–Crippen MR) is 121 cm³/mol. The summed E-state index contributed by atoms with van der Waals surface area (Å²) in [6.45, 7) is 5.16. The summed E-state index contributed by atoms with van der Waals surface area (Å²) in [5.74, 6) is 0.0848. The van der Waals surface area contributed by atoms with Crippen molar-refractivity contribution in [2.24, 2.45) is 0 Å². The Morgan fingerprint density at radius 2 is 1.80 bits per heavy atom. The number of nitrogens with one attached hydrogen (secondary N) is 1. The number of likely N-dealkylation sites (tertiary alicyclic amines) is 2. The van der Waals surface area contributed by atoms with Crippen molar-refractivity contribution in [3.8, 4) is 0 Å². The average Bonchev–Trinajstić information content (AvgIpc) is 3.01. The van der Waals surface area contributed by atoms with E-state index in [1.54, 1.807) is 11.3 Å². The number of aryl methyl sites for hydroxylation is 1. The summed E-state index contributed by atoms with van der Waals surface area (Å²) in [6.07, 6.45) is 0. The number of carbonyl (C=O) groups is 2. The van der Waals surface area contributed by atoms with E-state index in [0.717, 1.165) is 46.7 Å². The first kappa shape index (κ1) is 19.5. The van der Waals surface area contributed by atoms with Gasteiger partial charge < -0.3 is 10.2 Å². The highest BCUT2D eigenvalue weighted by Crippen LogP contribution is 2.34. The quantitative estimate of drug-likeness (QED) is 0.672. The van der Waals surface area contributed by atoms with Crippen LogP contribution in [0.2, 0.25) is 5.02 Å². The maximum absolute atomic E-state index is 13.0. The zero-order valence-corrected chi connectivity index (χ0v) is 18.2. The Labute approximate surface area is 184 Å². The molecule has 0 bridgehead atoms. The maximum Gasteiger partial charge on any atom is 0.264 e. The molecule has 2 saturated heterocycles. The fourth-order valence-corrected chi connectivity index (χ4v) is 5.48. The number of benzene rings is 2. The summed E-state index contributed by atoms with van der Waals surface area (Å²) in [5.41, 5.74) is 1.70. The molecule has 2 aliphatic heterocycles. The Morgan fingerprint density at radius 3 is 2.53 bits per heavy atom. The summed E-state index contributed by atoms with van der Waals surface area (Å²) >= 11 is 7.65. The highest BCUT2D eigenvalue weighted by Gasteiger charge is 2.41. The first-order valence-electron chi connectivity index (χ1n) is 10.1. The average molecular weight is 440 g/mol. The van der Waals surface area contributed by atoms with Gasteiger partial charge in [-0.1, -0.05) is 29.8 Å². The number of hydrogen-bond donors (Lipinski definition) is 1. The van der Waals surface area contributed by atoms with E-state index < -0.39 is 0 Å². The minimum atomic E-state index is -0.0222. The Kier molecular flexibility index (Phi) is 5.01. The molecule has 0 spiro atoms. The van der Waals surface area contributed by atoms with Gasteiger partial charge in [-0.25, -0.2) is 0 Å². The number of rotatable bonds is 4. The van der Waals surface area contributed by atoms with Crippen LogP contribution in [0.4, 0.5) is 0 Å². The first-order chi connectivity index (χ1) is 14.5. The summed E-state index contributed by atoms with van der Waals surface area (Å²) in [6, 6.07) is 15.6. The smallest absolute Gasteiger partial charge is 0.264 e. The van der Waals surface area contributed by atoms with Gasteiger partial charge in [0.05, 0.1) is 10.9 Å². The topological polar surface area (TPSA) is 52.7 Å². The molecule has 3 heterocycles. The zero-order valence-electron chi connectivity index (χ0n) is 16.6. The summed E-state index contributed by atoms with van der Waals surface area (Å²) in [4.78, 5) is 30.3. The largest absolute Gasteiger partial charge is 0.347 e. The van der Waals surface area contributed by atoms with E-state index in [1.165, 1.54) is 0 Å². The van der Waals surface area contributed by atoms with Gasteiger partial charge in [-0.05, 0) is 48.2 Å². The van der Waals surface area contributed by atoms with E-state index in [9.17, 15) is 9.59 Å². The molecule has 154 valence electrons. The monoisotopic (exact) mass is 439 g/mol. The Balaban J connectivity index is 1.14. The molecule has 1 aromatic heterocycles. The Hall–Kier alpha value is -2.41. The fourth-order valence-electron chi connectivity index (χ4n) is 4.15. The molecule has 30 heavy (non-hydrogen) atoms. The lowest BCUT2D eigenvalue weighted by Crippen LogP contribution is -2.70. The van der Waals surface area contributed by atoms with Crippen LogP contribution in [0.1, 0.15) is 25.6 Å². The second kappa shape index (κ2) is 7.69. The predicted octanol–water partition coefficient (Wildman–Crippen LogP) is 3.80. The van der Waals surface area contributed by atoms with Gasteiger partial charge in [0.1, 0.15) is 0 Å². The van der Waals surface area contributed by atoms with Gasteiger partial charge >= 0.3 is 0 Å². The minimum absolute atomic E-state index is 0.0222. The standard InChI is InChI=1S/C23H22ClN3O2S/c1-14-19-9-16(24)7-8-20(19)30-21(14)23(29)27-12-18(13-27)26-10-17(11-26)25-22(28)15-5-3-2-4-6-15/h2-9,17-18H,10-13H2,1H3,(H,25,28). The molecule has 0 radical (unpaired) electrons. The van der Waals surface area contributed by atoms with Crippen molar-refractivity contribution < 1.29 is 9.59 Å². The minimum Gasteiger partial charge on any atom is -0.347 e. The van der Waals surface area contributed by atoms with Crippen LogP contribution in [-0.4, -0.2) is 59.9 Å². The molecule has 0 unspecified atom stereocenters. The number of carbonyl (C=O) groups excluding carboxylic acids is 2. The van der Waals surface area contributed by atoms with Gasteiger partial charge in [-0.3, -0.25) is 14.5 Å². The summed E-state index contributed by atoms with van der Waals surface area (Å²) in [5, 5.41) is 4.84. The van der Waals surface area contributed by atoms with Gasteiger partial charge in [-0.2, -0.15) is 0 Å². The fraction of sp³-hybridized carbons (Fsp3) is 0.304. The van der Waals surface area contributed by atoms with Crippen LogP contribution in [0.15, 0.2) is 48.5 Å². The van der Waals surface area contributed by atoms with Crippen molar-refractivity contribution in [1.82, 2.24) is 15.1 Å². The molecule has 2 aliphatic rings. The van der Waals surface area contributed by atoms with E-state index in [4.69, 9.17) is 11.6 Å². The lowest BCUT2D eigenvalue weighted by Gasteiger charge is -2.51. The highest BCUT2D eigenvalue weighted by molar-refractivity contribution is 7.21. The third-order valence-corrected chi connectivity index (χ3v) is 7.54. The van der Waals surface area contributed by atoms with Gasteiger partial charge in [0.2, 0.25) is 0 Å². The Bertz CT molecular complexity index is 1120. The maximum atomic E-state index is 13.0. The van der Waals surface area contributed by atoms with Crippen molar-refractivity contribution in [1.29, 1.82) is 0 Å². The number of thiophene rings is 1. The van der Waals surface area contributed by atoms with Crippen LogP contribution in [0.25, 0.3) is 10.1 Å². The molecule has 2 aromatic carbocycles. The molecule has 7 heteroatoms. The van der Waals surface area contributed by atoms with E-state index in [-0.39, 0.29) is 17.9 Å². The van der Waals surface area contributed by atoms with Crippen molar-refractivity contribution in [3.63, 3.8) is 0 Å². The molecule has 5 nitrogen and oxygen atoms in total. The molecule has 0 aliphatic carbocycles. The van der Waals surface area contributed by atoms with Crippen LogP contribution in [0.3, 0.4) is 0 Å². The molecule has 2 amide bonds. The normalized spacial score (nSPS) is 17.6. The van der Waals surface area contributed by atoms with Gasteiger partial charge in [0, 0.05) is 47.5 Å². The van der Waals surface area contributed by atoms with Crippen molar-refractivity contribution >= 4 is 44.8 Å². The number of fused-ring (bicyclic) bond motifs is 1. The highest BCUT2D eigenvalue weighted by atomic mass is 35.5. The second-order valence-corrected chi connectivity index (χ2v) is 9.54. The lowest BCUT2D eigenvalue weighted by molar-refractivity contribution is -0.00921. The van der Waals surface area contributed by atoms with Crippen LogP contribution in [-0.2, 0) is 0 Å². The molecule has 0 saturated carbocycles. The van der Waals surface area contributed by atoms with Crippen molar-refractivity contribution in [2.45, 2.75) is 19.0 Å². The van der Waals surface area contributed by atoms with Gasteiger partial charge in [-0.15, -0.1) is 11.3 Å². The molecular weight excluding hydrogens is 418 g/mol. The zero-order chi connectivity index (χ0) is 20.8. The summed E-state index contributed by atoms with van der Waals surface area (Å²) < 4.78 is 1.09. The van der Waals surface area contributed by atoms with Crippen LogP contribution < -0.4 is 5.32 Å². The SMILES string of the molecule is Cc1c(C(=O)N2CC(N3CC(NC(=O)c4ccccc4)C3)C2)sc2ccc(Cl)cc12. The number of hydrogen-bond acceptors (Lipinski definition) is 4. The van der Waals surface area contributed by atoms with E-state index in [2.05, 4.69) is 10.2 Å². The molecule has 2 fully saturated rings. The third kappa shape index (κ3) is 3.49. The van der Waals surface area contributed by atoms with Crippen LogP contribution >= 0.6 is 22.9 Å². The van der Waals surface area contributed by atoms with E-state index in [1.807, 2.05) is 60.4 Å². The second-order valence-electron chi connectivity index (χ2n) is 8.05. The van der Waals surface area contributed by atoms with Gasteiger partial charge in [0.15, 0.2) is 0 Å². The number of nitrogens with zero attached hydrogens (tertiary/aromatic N) is 2. The number of amides is 2. The molecule has 3 aromatic rings. The number of halogens is 1. The summed E-state index contributed by atoms with van der Waals surface area (Å²) in [7, 11) is 0. The molecular formula is C23H22ClN3O2S. The van der Waals surface area contributed by atoms with E-state index in [0.29, 0.717) is 16.6 Å². The van der Waals surface area contributed by atoms with Crippen LogP contribution in [0.5, 0.6) is 0 Å². The molecule has 1 N–H and O–H groups in total. The molecule has 5 rings (SSSR count). The van der Waals surface area contributed by atoms with Crippen LogP contribution in [0, 0.1) is 6.92 Å². The lowest BCUT2D eigenvalue weighted by atomic mass is 9.99. The third-order valence-electron chi connectivity index (χ3n) is 6.04. The van der Waals surface area contributed by atoms with Gasteiger partial charge in [0.25, 0.3) is 11.8 Å². The van der Waals surface area contributed by atoms with Crippen molar-refractivity contribution in [3.05, 3.63) is 69.6 Å². The molecule has 0 atom stereocenters. The van der Waals surface area contributed by atoms with E-state index >= 15 is 0 Å². The van der Waals surface area contributed by atoms with Crippen molar-refractivity contribution in [2.75, 3.05) is 26.2 Å².